The van der Waals surface area contributed by atoms with Gasteiger partial charge in [0.25, 0.3) is 5.56 Å². The van der Waals surface area contributed by atoms with Crippen LogP contribution < -0.4 is 11.3 Å². The molecule has 1 aromatic rings. The number of amides is 1. The number of carbonyl (C=O) groups is 2. The molecule has 3 N–H and O–H groups in total. The second-order valence-corrected chi connectivity index (χ2v) is 7.36. The van der Waals surface area contributed by atoms with Crippen molar-refractivity contribution < 1.29 is 24.2 Å². The van der Waals surface area contributed by atoms with Gasteiger partial charge in [-0.2, -0.15) is 0 Å². The maximum absolute atomic E-state index is 13.0. The summed E-state index contributed by atoms with van der Waals surface area (Å²) in [5.41, 5.74) is 6.11. The Kier molecular flexibility index (Phi) is 6.04. The molecule has 2 aliphatic rings. The number of aromatic hydroxyl groups is 1. The van der Waals surface area contributed by atoms with E-state index in [0.717, 1.165) is 12.5 Å². The summed E-state index contributed by atoms with van der Waals surface area (Å²) >= 11 is 0. The highest BCUT2D eigenvalue weighted by molar-refractivity contribution is 5.93. The summed E-state index contributed by atoms with van der Waals surface area (Å²) in [4.78, 5) is 39.1. The van der Waals surface area contributed by atoms with E-state index in [-0.39, 0.29) is 42.5 Å². The Morgan fingerprint density at radius 1 is 1.21 bits per heavy atom. The SMILES string of the molecule is COC(=O)c1c(O)cc(=O)n2c1CCN(C(=O)[C@H]1CC[C@@H](OC)[C@H](N)C1)CC2. The van der Waals surface area contributed by atoms with Crippen molar-refractivity contribution in [1.82, 2.24) is 9.47 Å². The number of hydrogen-bond donors (Lipinski definition) is 2. The van der Waals surface area contributed by atoms with Crippen molar-refractivity contribution in [2.24, 2.45) is 11.7 Å². The molecular formula is C19H27N3O6. The molecule has 0 bridgehead atoms. The molecule has 1 aliphatic carbocycles. The summed E-state index contributed by atoms with van der Waals surface area (Å²) in [6, 6.07) is 0.834. The second-order valence-electron chi connectivity index (χ2n) is 7.36. The Hall–Kier alpha value is -2.39. The van der Waals surface area contributed by atoms with Crippen LogP contribution in [0.5, 0.6) is 5.75 Å². The van der Waals surface area contributed by atoms with Crippen LogP contribution in [0.2, 0.25) is 0 Å². The van der Waals surface area contributed by atoms with Crippen molar-refractivity contribution >= 4 is 11.9 Å². The van der Waals surface area contributed by atoms with Gasteiger partial charge in [-0.15, -0.1) is 0 Å². The molecule has 0 spiro atoms. The van der Waals surface area contributed by atoms with Gasteiger partial charge in [0.15, 0.2) is 0 Å². The summed E-state index contributed by atoms with van der Waals surface area (Å²) in [5, 5.41) is 10.1. The third-order valence-corrected chi connectivity index (χ3v) is 5.80. The first-order valence-corrected chi connectivity index (χ1v) is 9.48. The number of pyridine rings is 1. The highest BCUT2D eigenvalue weighted by atomic mass is 16.5. The Morgan fingerprint density at radius 2 is 1.96 bits per heavy atom. The minimum absolute atomic E-state index is 0.00898. The fourth-order valence-corrected chi connectivity index (χ4v) is 4.26. The third-order valence-electron chi connectivity index (χ3n) is 5.80. The lowest BCUT2D eigenvalue weighted by atomic mass is 9.83. The van der Waals surface area contributed by atoms with Crippen LogP contribution in [0, 0.1) is 5.92 Å². The van der Waals surface area contributed by atoms with Crippen LogP contribution in [0.1, 0.15) is 35.3 Å². The lowest BCUT2D eigenvalue weighted by Crippen LogP contribution is -2.47. The molecule has 3 rings (SSSR count). The van der Waals surface area contributed by atoms with Crippen LogP contribution in [0.15, 0.2) is 10.9 Å². The second kappa shape index (κ2) is 8.32. The molecule has 28 heavy (non-hydrogen) atoms. The van der Waals surface area contributed by atoms with Gasteiger partial charge >= 0.3 is 5.97 Å². The molecule has 0 saturated heterocycles. The van der Waals surface area contributed by atoms with E-state index in [9.17, 15) is 19.5 Å². The summed E-state index contributed by atoms with van der Waals surface area (Å²) in [6.07, 6.45) is 2.26. The van der Waals surface area contributed by atoms with E-state index in [4.69, 9.17) is 15.2 Å². The smallest absolute Gasteiger partial charge is 0.343 e. The predicted octanol–water partition coefficient (Wildman–Crippen LogP) is -0.132. The number of methoxy groups -OCH3 is 2. The fraction of sp³-hybridized carbons (Fsp3) is 0.632. The number of nitrogens with two attached hydrogens (primary N) is 1. The number of nitrogens with zero attached hydrogens (tertiary/aromatic N) is 2. The van der Waals surface area contributed by atoms with Crippen molar-refractivity contribution in [3.63, 3.8) is 0 Å². The van der Waals surface area contributed by atoms with Gasteiger partial charge in [0.05, 0.1) is 13.2 Å². The molecule has 0 aromatic carbocycles. The van der Waals surface area contributed by atoms with Crippen LogP contribution in [0.3, 0.4) is 0 Å². The zero-order valence-electron chi connectivity index (χ0n) is 16.2. The number of fused-ring (bicyclic) bond motifs is 1. The zero-order valence-corrected chi connectivity index (χ0v) is 16.2. The van der Waals surface area contributed by atoms with Gasteiger partial charge in [0, 0.05) is 56.9 Å². The maximum atomic E-state index is 13.0. The summed E-state index contributed by atoms with van der Waals surface area (Å²) in [6.45, 7) is 0.964. The summed E-state index contributed by atoms with van der Waals surface area (Å²) in [5.74, 6) is -1.26. The van der Waals surface area contributed by atoms with E-state index < -0.39 is 17.3 Å². The first kappa shape index (κ1) is 20.3. The number of hydrogen-bond acceptors (Lipinski definition) is 7. The first-order valence-electron chi connectivity index (χ1n) is 9.48. The van der Waals surface area contributed by atoms with Crippen molar-refractivity contribution in [2.75, 3.05) is 27.3 Å². The van der Waals surface area contributed by atoms with Gasteiger partial charge in [-0.25, -0.2) is 4.79 Å². The van der Waals surface area contributed by atoms with Gasteiger partial charge in [-0.1, -0.05) is 0 Å². The standard InChI is InChI=1S/C19H27N3O6/c1-27-15-4-3-11(9-12(15)20)18(25)21-6-5-13-17(19(26)28-2)14(23)10-16(24)22(13)8-7-21/h10-12,15,23H,3-9,20H2,1-2H3/t11-,12+,15+/m0/s1. The van der Waals surface area contributed by atoms with Crippen molar-refractivity contribution in [1.29, 1.82) is 0 Å². The molecular weight excluding hydrogens is 366 g/mol. The Bertz CT molecular complexity index is 821. The molecule has 2 heterocycles. The predicted molar refractivity (Wildman–Crippen MR) is 100 cm³/mol. The Balaban J connectivity index is 1.79. The largest absolute Gasteiger partial charge is 0.507 e. The Labute approximate surface area is 163 Å². The molecule has 1 saturated carbocycles. The average molecular weight is 393 g/mol. The molecule has 3 atom stereocenters. The van der Waals surface area contributed by atoms with Gasteiger partial charge in [0.1, 0.15) is 11.3 Å². The van der Waals surface area contributed by atoms with E-state index in [1.165, 1.54) is 11.7 Å². The van der Waals surface area contributed by atoms with Gasteiger partial charge in [-0.3, -0.25) is 9.59 Å². The molecule has 1 aromatic heterocycles. The van der Waals surface area contributed by atoms with Crippen molar-refractivity contribution in [3.8, 4) is 5.75 Å². The number of esters is 1. The number of ether oxygens (including phenoxy) is 2. The lowest BCUT2D eigenvalue weighted by Gasteiger charge is -2.34. The van der Waals surface area contributed by atoms with E-state index in [1.54, 1.807) is 12.0 Å². The van der Waals surface area contributed by atoms with Gasteiger partial charge in [0.2, 0.25) is 5.91 Å². The molecule has 154 valence electrons. The Morgan fingerprint density at radius 3 is 2.61 bits per heavy atom. The first-order chi connectivity index (χ1) is 13.4. The van der Waals surface area contributed by atoms with E-state index >= 15 is 0 Å². The van der Waals surface area contributed by atoms with Crippen LogP contribution >= 0.6 is 0 Å². The lowest BCUT2D eigenvalue weighted by molar-refractivity contribution is -0.137. The van der Waals surface area contributed by atoms with Crippen molar-refractivity contribution in [2.45, 2.75) is 44.4 Å². The normalized spacial score (nSPS) is 25.0. The molecule has 0 radical (unpaired) electrons. The van der Waals surface area contributed by atoms with Crippen LogP contribution in [0.4, 0.5) is 0 Å². The van der Waals surface area contributed by atoms with E-state index in [2.05, 4.69) is 0 Å². The van der Waals surface area contributed by atoms with E-state index in [0.29, 0.717) is 31.6 Å². The third kappa shape index (κ3) is 3.77. The molecule has 9 nitrogen and oxygen atoms in total. The molecule has 0 unspecified atom stereocenters. The maximum Gasteiger partial charge on any atom is 0.343 e. The monoisotopic (exact) mass is 393 g/mol. The van der Waals surface area contributed by atoms with E-state index in [1.807, 2.05) is 0 Å². The van der Waals surface area contributed by atoms with Gasteiger partial charge in [-0.05, 0) is 19.3 Å². The fourth-order valence-electron chi connectivity index (χ4n) is 4.26. The quantitative estimate of drug-likeness (QED) is 0.685. The number of carbonyl (C=O) groups excluding carboxylic acids is 2. The zero-order chi connectivity index (χ0) is 20.4. The minimum Gasteiger partial charge on any atom is -0.507 e. The number of rotatable bonds is 3. The van der Waals surface area contributed by atoms with Crippen LogP contribution in [-0.2, 0) is 27.2 Å². The van der Waals surface area contributed by atoms with Gasteiger partial charge < -0.3 is 29.8 Å². The highest BCUT2D eigenvalue weighted by Gasteiger charge is 2.35. The highest BCUT2D eigenvalue weighted by Crippen LogP contribution is 2.28. The van der Waals surface area contributed by atoms with Crippen LogP contribution in [0.25, 0.3) is 0 Å². The summed E-state index contributed by atoms with van der Waals surface area (Å²) < 4.78 is 11.5. The minimum atomic E-state index is -0.704. The molecule has 9 heteroatoms. The molecule has 1 amide bonds. The van der Waals surface area contributed by atoms with Crippen LogP contribution in [-0.4, -0.2) is 65.9 Å². The van der Waals surface area contributed by atoms with Crippen molar-refractivity contribution in [3.05, 3.63) is 27.7 Å². The molecule has 1 aliphatic heterocycles. The summed E-state index contributed by atoms with van der Waals surface area (Å²) in [7, 11) is 2.85. The average Bonchev–Trinajstić information content (AvgIpc) is 2.90. The number of aromatic nitrogens is 1. The topological polar surface area (TPSA) is 124 Å². The molecule has 1 fully saturated rings.